The maximum atomic E-state index is 13.8. The van der Waals surface area contributed by atoms with E-state index >= 15 is 0 Å². The first-order chi connectivity index (χ1) is 13.2. The van der Waals surface area contributed by atoms with E-state index < -0.39 is 0 Å². The number of hydrogen-bond donors (Lipinski definition) is 2. The molecule has 4 nitrogen and oxygen atoms in total. The van der Waals surface area contributed by atoms with Crippen molar-refractivity contribution in [3.63, 3.8) is 0 Å². The lowest BCUT2D eigenvalue weighted by molar-refractivity contribution is 0.265. The Morgan fingerprint density at radius 1 is 1.04 bits per heavy atom. The molecule has 0 heterocycles. The van der Waals surface area contributed by atoms with Crippen LogP contribution in [0.2, 0.25) is 5.02 Å². The predicted octanol–water partition coefficient (Wildman–Crippen LogP) is 4.71. The molecule has 0 aromatic heterocycles. The van der Waals surface area contributed by atoms with Crippen LogP contribution in [0.3, 0.4) is 0 Å². The Morgan fingerprint density at radius 3 is 2.56 bits per heavy atom. The van der Waals surface area contributed by atoms with E-state index in [0.29, 0.717) is 35.2 Å². The number of aliphatic hydroxyl groups is 1. The number of rotatable bonds is 12. The number of nitrogens with one attached hydrogen (secondary N) is 1. The van der Waals surface area contributed by atoms with Gasteiger partial charge in [0.2, 0.25) is 0 Å². The van der Waals surface area contributed by atoms with Crippen LogP contribution in [0.5, 0.6) is 11.5 Å². The van der Waals surface area contributed by atoms with Gasteiger partial charge in [0.05, 0.1) is 6.61 Å². The number of aliphatic hydroxyl groups excluding tert-OH is 1. The molecule has 0 aliphatic rings. The Morgan fingerprint density at radius 2 is 1.81 bits per heavy atom. The average Bonchev–Trinajstić information content (AvgIpc) is 2.66. The lowest BCUT2D eigenvalue weighted by Gasteiger charge is -2.15. The Balaban J connectivity index is 2.00. The molecule has 6 heteroatoms. The number of hydrogen-bond acceptors (Lipinski definition) is 4. The zero-order valence-electron chi connectivity index (χ0n) is 15.6. The number of halogens is 2. The van der Waals surface area contributed by atoms with Crippen LogP contribution in [0.1, 0.15) is 37.3 Å². The van der Waals surface area contributed by atoms with E-state index in [2.05, 4.69) is 5.32 Å². The fourth-order valence-electron chi connectivity index (χ4n) is 2.63. The van der Waals surface area contributed by atoms with Crippen LogP contribution in [0, 0.1) is 5.82 Å². The van der Waals surface area contributed by atoms with Crippen LogP contribution in [0.4, 0.5) is 4.39 Å². The van der Waals surface area contributed by atoms with Gasteiger partial charge in [-0.1, -0.05) is 29.8 Å². The van der Waals surface area contributed by atoms with Crippen molar-refractivity contribution in [2.45, 2.75) is 39.3 Å². The second-order valence-corrected chi connectivity index (χ2v) is 6.57. The molecule has 2 N–H and O–H groups in total. The van der Waals surface area contributed by atoms with Gasteiger partial charge in [0.25, 0.3) is 0 Å². The van der Waals surface area contributed by atoms with Crippen molar-refractivity contribution < 1.29 is 19.0 Å². The SMILES string of the molecule is CCOc1cc(CNCCCCCO)c(Cl)cc1OCc1ccccc1F. The normalized spacial score (nSPS) is 10.8. The molecule has 0 saturated carbocycles. The lowest BCUT2D eigenvalue weighted by Crippen LogP contribution is -2.15. The van der Waals surface area contributed by atoms with Crippen molar-refractivity contribution in [2.75, 3.05) is 19.8 Å². The van der Waals surface area contributed by atoms with Crippen molar-refractivity contribution in [2.24, 2.45) is 0 Å². The van der Waals surface area contributed by atoms with Gasteiger partial charge in [-0.15, -0.1) is 0 Å². The van der Waals surface area contributed by atoms with E-state index in [0.717, 1.165) is 31.4 Å². The van der Waals surface area contributed by atoms with E-state index in [4.69, 9.17) is 26.2 Å². The molecule has 0 aliphatic heterocycles. The highest BCUT2D eigenvalue weighted by molar-refractivity contribution is 6.31. The summed E-state index contributed by atoms with van der Waals surface area (Å²) in [5.74, 6) is 0.788. The Hall–Kier alpha value is -1.82. The fourth-order valence-corrected chi connectivity index (χ4v) is 2.85. The van der Waals surface area contributed by atoms with Crippen molar-refractivity contribution in [1.29, 1.82) is 0 Å². The van der Waals surface area contributed by atoms with Crippen molar-refractivity contribution >= 4 is 11.6 Å². The van der Waals surface area contributed by atoms with Crippen LogP contribution in [-0.4, -0.2) is 24.9 Å². The first kappa shape index (κ1) is 21.5. The maximum absolute atomic E-state index is 13.8. The third-order valence-electron chi connectivity index (χ3n) is 4.08. The third-order valence-corrected chi connectivity index (χ3v) is 4.43. The molecule has 2 rings (SSSR count). The summed E-state index contributed by atoms with van der Waals surface area (Å²) >= 11 is 6.39. The zero-order chi connectivity index (χ0) is 19.5. The quantitative estimate of drug-likeness (QED) is 0.511. The molecular weight excluding hydrogens is 369 g/mol. The number of unbranched alkanes of at least 4 members (excludes halogenated alkanes) is 2. The minimum atomic E-state index is -0.302. The predicted molar refractivity (Wildman–Crippen MR) is 106 cm³/mol. The highest BCUT2D eigenvalue weighted by Gasteiger charge is 2.12. The molecule has 0 aliphatic carbocycles. The van der Waals surface area contributed by atoms with Crippen LogP contribution in [0.15, 0.2) is 36.4 Å². The van der Waals surface area contributed by atoms with Crippen LogP contribution in [-0.2, 0) is 13.2 Å². The monoisotopic (exact) mass is 395 g/mol. The summed E-state index contributed by atoms with van der Waals surface area (Å²) in [5.41, 5.74) is 1.39. The third kappa shape index (κ3) is 7.01. The molecule has 148 valence electrons. The molecule has 0 atom stereocenters. The minimum absolute atomic E-state index is 0.103. The molecule has 2 aromatic carbocycles. The van der Waals surface area contributed by atoms with Crippen LogP contribution in [0.25, 0.3) is 0 Å². The van der Waals surface area contributed by atoms with E-state index in [1.54, 1.807) is 24.3 Å². The lowest BCUT2D eigenvalue weighted by atomic mass is 10.2. The Kier molecular flexibility index (Phi) is 9.39. The van der Waals surface area contributed by atoms with Crippen molar-refractivity contribution in [1.82, 2.24) is 5.32 Å². The van der Waals surface area contributed by atoms with E-state index in [9.17, 15) is 4.39 Å². The molecule has 0 amide bonds. The van der Waals surface area contributed by atoms with E-state index in [1.807, 2.05) is 13.0 Å². The zero-order valence-corrected chi connectivity index (χ0v) is 16.4. The number of ether oxygens (including phenoxy) is 2. The first-order valence-electron chi connectivity index (χ1n) is 9.28. The van der Waals surface area contributed by atoms with E-state index in [-0.39, 0.29) is 19.0 Å². The first-order valence-corrected chi connectivity index (χ1v) is 9.66. The standard InChI is InChI=1S/C21H27ClFNO3/c1-2-26-20-12-17(14-24-10-6-3-7-11-25)18(22)13-21(20)27-15-16-8-4-5-9-19(16)23/h4-5,8-9,12-13,24-25H,2-3,6-7,10-11,14-15H2,1H3. The van der Waals surface area contributed by atoms with Gasteiger partial charge in [0.15, 0.2) is 11.5 Å². The second kappa shape index (κ2) is 11.8. The van der Waals surface area contributed by atoms with Gasteiger partial charge in [-0.25, -0.2) is 4.39 Å². The van der Waals surface area contributed by atoms with Gasteiger partial charge in [0.1, 0.15) is 12.4 Å². The molecule has 0 spiro atoms. The summed E-state index contributed by atoms with van der Waals surface area (Å²) in [7, 11) is 0. The summed E-state index contributed by atoms with van der Waals surface area (Å²) in [6, 6.07) is 10.1. The molecular formula is C21H27ClFNO3. The largest absolute Gasteiger partial charge is 0.490 e. The molecule has 27 heavy (non-hydrogen) atoms. The van der Waals surface area contributed by atoms with Gasteiger partial charge in [-0.2, -0.15) is 0 Å². The summed E-state index contributed by atoms with van der Waals surface area (Å²) in [6.07, 6.45) is 2.82. The minimum Gasteiger partial charge on any atom is -0.490 e. The van der Waals surface area contributed by atoms with Gasteiger partial charge in [0, 0.05) is 29.8 Å². The molecule has 0 radical (unpaired) electrons. The van der Waals surface area contributed by atoms with Crippen LogP contribution >= 0.6 is 11.6 Å². The van der Waals surface area contributed by atoms with Gasteiger partial charge in [-0.3, -0.25) is 0 Å². The fraction of sp³-hybridized carbons (Fsp3) is 0.429. The van der Waals surface area contributed by atoms with Gasteiger partial charge < -0.3 is 19.9 Å². The van der Waals surface area contributed by atoms with Gasteiger partial charge >= 0.3 is 0 Å². The van der Waals surface area contributed by atoms with Crippen molar-refractivity contribution in [3.8, 4) is 11.5 Å². The van der Waals surface area contributed by atoms with Crippen molar-refractivity contribution in [3.05, 3.63) is 58.4 Å². The number of benzene rings is 2. The molecule has 0 fully saturated rings. The second-order valence-electron chi connectivity index (χ2n) is 6.16. The summed E-state index contributed by atoms with van der Waals surface area (Å²) in [5, 5.41) is 12.7. The average molecular weight is 396 g/mol. The summed E-state index contributed by atoms with van der Waals surface area (Å²) in [6.45, 7) is 4.20. The summed E-state index contributed by atoms with van der Waals surface area (Å²) < 4.78 is 25.2. The highest BCUT2D eigenvalue weighted by atomic mass is 35.5. The molecule has 0 unspecified atom stereocenters. The molecule has 2 aromatic rings. The molecule has 0 bridgehead atoms. The van der Waals surface area contributed by atoms with Gasteiger partial charge in [-0.05, 0) is 50.4 Å². The highest BCUT2D eigenvalue weighted by Crippen LogP contribution is 2.34. The van der Waals surface area contributed by atoms with E-state index in [1.165, 1.54) is 6.07 Å². The smallest absolute Gasteiger partial charge is 0.163 e. The summed E-state index contributed by atoms with van der Waals surface area (Å²) in [4.78, 5) is 0. The van der Waals surface area contributed by atoms with Crippen LogP contribution < -0.4 is 14.8 Å². The molecule has 0 saturated heterocycles. The maximum Gasteiger partial charge on any atom is 0.163 e. The Labute approximate surface area is 165 Å². The Bertz CT molecular complexity index is 712. The topological polar surface area (TPSA) is 50.7 Å².